The first-order chi connectivity index (χ1) is 12.1. The van der Waals surface area contributed by atoms with Crippen molar-refractivity contribution in [3.63, 3.8) is 0 Å². The van der Waals surface area contributed by atoms with E-state index < -0.39 is 0 Å². The van der Waals surface area contributed by atoms with Crippen LogP contribution in [0.15, 0.2) is 48.5 Å². The van der Waals surface area contributed by atoms with Gasteiger partial charge in [0.25, 0.3) is 0 Å². The van der Waals surface area contributed by atoms with Gasteiger partial charge in [-0.2, -0.15) is 5.10 Å². The Hall–Kier alpha value is -2.79. The fourth-order valence-corrected chi connectivity index (χ4v) is 2.82. The van der Waals surface area contributed by atoms with Crippen LogP contribution in [-0.2, 0) is 6.42 Å². The number of hydrogen-bond donors (Lipinski definition) is 1. The monoisotopic (exact) mass is 356 g/mol. The molecular weight excluding hydrogens is 340 g/mol. The van der Waals surface area contributed by atoms with Gasteiger partial charge in [0, 0.05) is 18.2 Å². The summed E-state index contributed by atoms with van der Waals surface area (Å²) in [5.74, 6) is 0.888. The molecule has 0 saturated carbocycles. The predicted octanol–water partition coefficient (Wildman–Crippen LogP) is 4.03. The Morgan fingerprint density at radius 3 is 2.60 bits per heavy atom. The molecule has 0 aliphatic rings. The summed E-state index contributed by atoms with van der Waals surface area (Å²) in [4.78, 5) is 11.2. The van der Waals surface area contributed by atoms with E-state index in [-0.39, 0.29) is 5.75 Å². The highest BCUT2D eigenvalue weighted by molar-refractivity contribution is 6.32. The average molecular weight is 357 g/mol. The largest absolute Gasteiger partial charge is 0.508 e. The summed E-state index contributed by atoms with van der Waals surface area (Å²) in [7, 11) is 0. The van der Waals surface area contributed by atoms with Gasteiger partial charge >= 0.3 is 0 Å². The number of aromatic nitrogens is 2. The molecule has 2 aromatic carbocycles. The summed E-state index contributed by atoms with van der Waals surface area (Å²) in [5, 5.41) is 14.2. The smallest absolute Gasteiger partial charge is 0.170 e. The van der Waals surface area contributed by atoms with Crippen LogP contribution in [0.1, 0.15) is 28.7 Å². The van der Waals surface area contributed by atoms with Crippen LogP contribution in [0, 0.1) is 0 Å². The number of benzene rings is 2. The first-order valence-corrected chi connectivity index (χ1v) is 8.23. The van der Waals surface area contributed by atoms with Crippen LogP contribution in [0.25, 0.3) is 5.69 Å². The maximum absolute atomic E-state index is 11.2. The van der Waals surface area contributed by atoms with E-state index in [2.05, 4.69) is 5.10 Å². The van der Waals surface area contributed by atoms with Crippen molar-refractivity contribution in [1.29, 1.82) is 0 Å². The van der Waals surface area contributed by atoms with Gasteiger partial charge in [0.15, 0.2) is 6.29 Å². The minimum absolute atomic E-state index is 0.209. The van der Waals surface area contributed by atoms with E-state index in [4.69, 9.17) is 16.3 Å². The van der Waals surface area contributed by atoms with Gasteiger partial charge in [0.1, 0.15) is 17.2 Å². The molecule has 25 heavy (non-hydrogen) atoms. The number of halogens is 1. The van der Waals surface area contributed by atoms with Gasteiger partial charge in [-0.25, -0.2) is 4.68 Å². The molecule has 0 fully saturated rings. The minimum Gasteiger partial charge on any atom is -0.508 e. The number of ether oxygens (including phenoxy) is 1. The Kier molecular flexibility index (Phi) is 5.05. The summed E-state index contributed by atoms with van der Waals surface area (Å²) >= 11 is 6.39. The molecule has 0 amide bonds. The molecule has 3 rings (SSSR count). The second kappa shape index (κ2) is 7.40. The maximum atomic E-state index is 11.2. The Labute approximate surface area is 150 Å². The highest BCUT2D eigenvalue weighted by atomic mass is 35.5. The molecule has 0 saturated heterocycles. The lowest BCUT2D eigenvalue weighted by molar-refractivity contribution is 0.111. The van der Waals surface area contributed by atoms with Gasteiger partial charge in [-0.3, -0.25) is 4.79 Å². The summed E-state index contributed by atoms with van der Waals surface area (Å²) in [6.07, 6.45) is 1.25. The molecule has 0 radical (unpaired) electrons. The number of carbonyl (C=O) groups excluding carboxylic acids is 1. The number of carbonyl (C=O) groups is 1. The lowest BCUT2D eigenvalue weighted by Gasteiger charge is -2.11. The number of hydrogen-bond acceptors (Lipinski definition) is 4. The van der Waals surface area contributed by atoms with Gasteiger partial charge in [-0.1, -0.05) is 23.7 Å². The number of rotatable bonds is 6. The summed E-state index contributed by atoms with van der Waals surface area (Å²) < 4.78 is 7.11. The van der Waals surface area contributed by atoms with Crippen molar-refractivity contribution in [1.82, 2.24) is 9.78 Å². The quantitative estimate of drug-likeness (QED) is 0.677. The van der Waals surface area contributed by atoms with E-state index in [1.807, 2.05) is 31.2 Å². The lowest BCUT2D eigenvalue weighted by atomic mass is 10.1. The van der Waals surface area contributed by atoms with Gasteiger partial charge in [0.2, 0.25) is 0 Å². The number of phenols is 1. The zero-order chi connectivity index (χ0) is 17.8. The minimum atomic E-state index is 0.209. The summed E-state index contributed by atoms with van der Waals surface area (Å²) in [5.41, 5.74) is 2.81. The first-order valence-electron chi connectivity index (χ1n) is 7.85. The zero-order valence-corrected chi connectivity index (χ0v) is 14.4. The zero-order valence-electron chi connectivity index (χ0n) is 13.6. The summed E-state index contributed by atoms with van der Waals surface area (Å²) in [6.45, 7) is 2.46. The van der Waals surface area contributed by atoms with Crippen LogP contribution in [0.4, 0.5) is 0 Å². The van der Waals surface area contributed by atoms with Crippen LogP contribution in [0.3, 0.4) is 0 Å². The number of aldehydes is 1. The Morgan fingerprint density at radius 1 is 1.20 bits per heavy atom. The van der Waals surface area contributed by atoms with Crippen molar-refractivity contribution in [2.75, 3.05) is 6.61 Å². The SMILES string of the molecule is CCOc1ccc(-n2nc(C=O)cc2Cc2ccc(O)cc2)c(Cl)c1. The molecular formula is C19H17ClN2O3. The van der Waals surface area contributed by atoms with Crippen LogP contribution in [0.2, 0.25) is 5.02 Å². The van der Waals surface area contributed by atoms with Crippen molar-refractivity contribution < 1.29 is 14.6 Å². The maximum Gasteiger partial charge on any atom is 0.170 e. The van der Waals surface area contributed by atoms with E-state index >= 15 is 0 Å². The van der Waals surface area contributed by atoms with Gasteiger partial charge in [-0.05, 0) is 42.8 Å². The molecule has 5 nitrogen and oxygen atoms in total. The molecule has 0 aliphatic heterocycles. The van der Waals surface area contributed by atoms with Gasteiger partial charge in [0.05, 0.1) is 17.3 Å². The topological polar surface area (TPSA) is 64.4 Å². The van der Waals surface area contributed by atoms with E-state index in [0.717, 1.165) is 11.3 Å². The third kappa shape index (κ3) is 3.83. The molecule has 128 valence electrons. The van der Waals surface area contributed by atoms with Crippen molar-refractivity contribution in [3.05, 3.63) is 70.5 Å². The molecule has 1 N–H and O–H groups in total. The number of phenolic OH excluding ortho intramolecular Hbond substituents is 1. The van der Waals surface area contributed by atoms with Crippen molar-refractivity contribution in [2.24, 2.45) is 0 Å². The Balaban J connectivity index is 1.99. The van der Waals surface area contributed by atoms with Crippen molar-refractivity contribution >= 4 is 17.9 Å². The molecule has 1 aromatic heterocycles. The summed E-state index contributed by atoms with van der Waals surface area (Å²) in [6, 6.07) is 14.0. The molecule has 6 heteroatoms. The van der Waals surface area contributed by atoms with Crippen LogP contribution >= 0.6 is 11.6 Å². The van der Waals surface area contributed by atoms with E-state index in [1.54, 1.807) is 28.9 Å². The average Bonchev–Trinajstić information content (AvgIpc) is 3.00. The molecule has 0 unspecified atom stereocenters. The highest BCUT2D eigenvalue weighted by Gasteiger charge is 2.13. The fraction of sp³-hybridized carbons (Fsp3) is 0.158. The van der Waals surface area contributed by atoms with Crippen LogP contribution < -0.4 is 4.74 Å². The molecule has 0 atom stereocenters. The molecule has 0 bridgehead atoms. The van der Waals surface area contributed by atoms with E-state index in [1.165, 1.54) is 0 Å². The molecule has 0 aliphatic carbocycles. The second-order valence-corrected chi connectivity index (χ2v) is 5.89. The van der Waals surface area contributed by atoms with E-state index in [9.17, 15) is 9.90 Å². The third-order valence-electron chi connectivity index (χ3n) is 3.70. The van der Waals surface area contributed by atoms with Crippen molar-refractivity contribution in [2.45, 2.75) is 13.3 Å². The van der Waals surface area contributed by atoms with Crippen molar-refractivity contribution in [3.8, 4) is 17.2 Å². The Morgan fingerprint density at radius 2 is 1.96 bits per heavy atom. The first kappa shape index (κ1) is 17.0. The number of nitrogens with zero attached hydrogens (tertiary/aromatic N) is 2. The molecule has 1 heterocycles. The third-order valence-corrected chi connectivity index (χ3v) is 4.01. The highest BCUT2D eigenvalue weighted by Crippen LogP contribution is 2.27. The van der Waals surface area contributed by atoms with E-state index in [0.29, 0.717) is 41.5 Å². The predicted molar refractivity (Wildman–Crippen MR) is 96.0 cm³/mol. The standard InChI is InChI=1S/C19H17ClN2O3/c1-2-25-17-7-8-19(18(20)11-17)22-15(10-14(12-23)21-22)9-13-3-5-16(24)6-4-13/h3-8,10-12,24H,2,9H2,1H3. The Bertz CT molecular complexity index is 888. The number of aromatic hydroxyl groups is 1. The second-order valence-electron chi connectivity index (χ2n) is 5.48. The molecule has 3 aromatic rings. The van der Waals surface area contributed by atoms with Crippen LogP contribution in [0.5, 0.6) is 11.5 Å². The van der Waals surface area contributed by atoms with Crippen LogP contribution in [-0.4, -0.2) is 27.8 Å². The lowest BCUT2D eigenvalue weighted by Crippen LogP contribution is -2.04. The normalized spacial score (nSPS) is 10.6. The fourth-order valence-electron chi connectivity index (χ4n) is 2.57. The van der Waals surface area contributed by atoms with Gasteiger partial charge < -0.3 is 9.84 Å². The van der Waals surface area contributed by atoms with Gasteiger partial charge in [-0.15, -0.1) is 0 Å². The molecule has 0 spiro atoms.